The van der Waals surface area contributed by atoms with Crippen LogP contribution in [0.25, 0.3) is 0 Å². The normalized spacial score (nSPS) is 22.5. The van der Waals surface area contributed by atoms with Gasteiger partial charge in [0.15, 0.2) is 11.5 Å². The third-order valence-electron chi connectivity index (χ3n) is 4.45. The fraction of sp³-hybridized carbons (Fsp3) is 0.667. The molecule has 1 fully saturated rings. The van der Waals surface area contributed by atoms with Gasteiger partial charge >= 0.3 is 0 Å². The molecule has 2 unspecified atom stereocenters. The summed E-state index contributed by atoms with van der Waals surface area (Å²) in [6, 6.07) is 6.61. The zero-order chi connectivity index (χ0) is 15.9. The van der Waals surface area contributed by atoms with Gasteiger partial charge in [-0.3, -0.25) is 4.90 Å². The first-order valence-electron chi connectivity index (χ1n) is 8.41. The molecule has 4 nitrogen and oxygen atoms in total. The van der Waals surface area contributed by atoms with Crippen LogP contribution in [-0.2, 0) is 6.54 Å². The highest BCUT2D eigenvalue weighted by atomic mass is 16.5. The first-order chi connectivity index (χ1) is 10.6. The molecule has 0 bridgehead atoms. The number of likely N-dealkylation sites (tertiary alicyclic amines) is 1. The zero-order valence-electron chi connectivity index (χ0n) is 14.2. The van der Waals surface area contributed by atoms with Crippen LogP contribution >= 0.6 is 0 Å². The number of hydrogen-bond acceptors (Lipinski definition) is 4. The fourth-order valence-corrected chi connectivity index (χ4v) is 2.91. The van der Waals surface area contributed by atoms with Crippen LogP contribution in [0.2, 0.25) is 0 Å². The van der Waals surface area contributed by atoms with E-state index in [9.17, 15) is 0 Å². The van der Waals surface area contributed by atoms with Crippen molar-refractivity contribution in [2.24, 2.45) is 11.7 Å². The van der Waals surface area contributed by atoms with E-state index in [1.165, 1.54) is 5.56 Å². The molecular weight excluding hydrogens is 276 g/mol. The molecule has 0 spiro atoms. The van der Waals surface area contributed by atoms with E-state index >= 15 is 0 Å². The van der Waals surface area contributed by atoms with Gasteiger partial charge < -0.3 is 15.2 Å². The summed E-state index contributed by atoms with van der Waals surface area (Å²) in [7, 11) is 1.69. The van der Waals surface area contributed by atoms with Gasteiger partial charge in [0, 0.05) is 19.1 Å². The highest BCUT2D eigenvalue weighted by molar-refractivity contribution is 5.43. The van der Waals surface area contributed by atoms with Gasteiger partial charge in [-0.2, -0.15) is 0 Å². The van der Waals surface area contributed by atoms with Crippen molar-refractivity contribution in [2.45, 2.75) is 45.7 Å². The van der Waals surface area contributed by atoms with Crippen LogP contribution in [0.1, 0.15) is 38.7 Å². The summed E-state index contributed by atoms with van der Waals surface area (Å²) in [5.74, 6) is 2.23. The second kappa shape index (κ2) is 8.39. The summed E-state index contributed by atoms with van der Waals surface area (Å²) in [6.45, 7) is 8.24. The molecule has 1 heterocycles. The minimum atomic E-state index is 0.347. The first kappa shape index (κ1) is 17.1. The van der Waals surface area contributed by atoms with E-state index < -0.39 is 0 Å². The van der Waals surface area contributed by atoms with Crippen LogP contribution in [0, 0.1) is 5.92 Å². The van der Waals surface area contributed by atoms with Crippen molar-refractivity contribution in [1.29, 1.82) is 0 Å². The van der Waals surface area contributed by atoms with E-state index in [-0.39, 0.29) is 0 Å². The van der Waals surface area contributed by atoms with Crippen molar-refractivity contribution in [3.63, 3.8) is 0 Å². The summed E-state index contributed by atoms with van der Waals surface area (Å²) in [4.78, 5) is 2.48. The largest absolute Gasteiger partial charge is 0.493 e. The molecule has 2 atom stereocenters. The third kappa shape index (κ3) is 4.62. The average Bonchev–Trinajstić information content (AvgIpc) is 2.51. The standard InChI is InChI=1S/C18H30N2O2/c1-4-5-10-22-18-11-15(6-7-17(18)21-3)13-20-9-8-16(19)14(2)12-20/h6-7,11,14,16H,4-5,8-10,12-13,19H2,1-3H3. The van der Waals surface area contributed by atoms with Gasteiger partial charge in [-0.05, 0) is 43.0 Å². The lowest BCUT2D eigenvalue weighted by molar-refractivity contribution is 0.157. The quantitative estimate of drug-likeness (QED) is 0.787. The lowest BCUT2D eigenvalue weighted by Gasteiger charge is -2.35. The number of hydrogen-bond donors (Lipinski definition) is 1. The Morgan fingerprint density at radius 2 is 2.14 bits per heavy atom. The second-order valence-corrected chi connectivity index (χ2v) is 6.35. The van der Waals surface area contributed by atoms with Crippen molar-refractivity contribution >= 4 is 0 Å². The SMILES string of the molecule is CCCCOc1cc(CN2CCC(N)C(C)C2)ccc1OC. The predicted molar refractivity (Wildman–Crippen MR) is 90.4 cm³/mol. The third-order valence-corrected chi connectivity index (χ3v) is 4.45. The summed E-state index contributed by atoms with van der Waals surface area (Å²) in [5, 5.41) is 0. The maximum absolute atomic E-state index is 6.10. The number of piperidine rings is 1. The van der Waals surface area contributed by atoms with Crippen LogP contribution in [-0.4, -0.2) is 37.7 Å². The molecule has 4 heteroatoms. The Bertz CT molecular complexity index is 464. The maximum Gasteiger partial charge on any atom is 0.161 e. The van der Waals surface area contributed by atoms with E-state index in [4.69, 9.17) is 15.2 Å². The Hall–Kier alpha value is -1.26. The molecule has 0 amide bonds. The molecule has 1 aliphatic heterocycles. The average molecular weight is 306 g/mol. The van der Waals surface area contributed by atoms with Gasteiger partial charge in [-0.1, -0.05) is 26.3 Å². The van der Waals surface area contributed by atoms with E-state index in [1.54, 1.807) is 7.11 Å². The molecule has 0 saturated carbocycles. The van der Waals surface area contributed by atoms with Gasteiger partial charge in [-0.15, -0.1) is 0 Å². The maximum atomic E-state index is 6.10. The number of unbranched alkanes of at least 4 members (excludes halogenated alkanes) is 1. The zero-order valence-corrected chi connectivity index (χ0v) is 14.2. The molecule has 0 aliphatic carbocycles. The van der Waals surface area contributed by atoms with Crippen molar-refractivity contribution in [3.05, 3.63) is 23.8 Å². The predicted octanol–water partition coefficient (Wildman–Crippen LogP) is 3.04. The van der Waals surface area contributed by atoms with Crippen molar-refractivity contribution < 1.29 is 9.47 Å². The Kier molecular flexibility index (Phi) is 6.52. The summed E-state index contributed by atoms with van der Waals surface area (Å²) >= 11 is 0. The van der Waals surface area contributed by atoms with Crippen LogP contribution in [0.4, 0.5) is 0 Å². The molecule has 1 aromatic carbocycles. The van der Waals surface area contributed by atoms with Gasteiger partial charge in [-0.25, -0.2) is 0 Å². The van der Waals surface area contributed by atoms with E-state index in [0.29, 0.717) is 12.0 Å². The molecule has 124 valence electrons. The van der Waals surface area contributed by atoms with Crippen LogP contribution in [0.5, 0.6) is 11.5 Å². The number of rotatable bonds is 7. The molecule has 1 aromatic rings. The number of benzene rings is 1. The van der Waals surface area contributed by atoms with Gasteiger partial charge in [0.05, 0.1) is 13.7 Å². The summed E-state index contributed by atoms with van der Waals surface area (Å²) < 4.78 is 11.3. The molecule has 2 N–H and O–H groups in total. The lowest BCUT2D eigenvalue weighted by atomic mass is 9.94. The Morgan fingerprint density at radius 1 is 1.32 bits per heavy atom. The monoisotopic (exact) mass is 306 g/mol. The van der Waals surface area contributed by atoms with E-state index in [0.717, 1.165) is 57.0 Å². The Morgan fingerprint density at radius 3 is 2.82 bits per heavy atom. The highest BCUT2D eigenvalue weighted by Gasteiger charge is 2.23. The van der Waals surface area contributed by atoms with Crippen molar-refractivity contribution in [3.8, 4) is 11.5 Å². The van der Waals surface area contributed by atoms with Crippen molar-refractivity contribution in [1.82, 2.24) is 4.90 Å². The smallest absolute Gasteiger partial charge is 0.161 e. The number of nitrogens with two attached hydrogens (primary N) is 1. The van der Waals surface area contributed by atoms with E-state index in [1.807, 2.05) is 6.07 Å². The molecule has 0 aromatic heterocycles. The second-order valence-electron chi connectivity index (χ2n) is 6.35. The van der Waals surface area contributed by atoms with Crippen LogP contribution in [0.15, 0.2) is 18.2 Å². The van der Waals surface area contributed by atoms with Gasteiger partial charge in [0.1, 0.15) is 0 Å². The highest BCUT2D eigenvalue weighted by Crippen LogP contribution is 2.29. The number of methoxy groups -OCH3 is 1. The van der Waals surface area contributed by atoms with Crippen LogP contribution in [0.3, 0.4) is 0 Å². The summed E-state index contributed by atoms with van der Waals surface area (Å²) in [6.07, 6.45) is 3.28. The Balaban J connectivity index is 2.00. The Labute approximate surface area is 134 Å². The molecule has 1 saturated heterocycles. The number of nitrogens with zero attached hydrogens (tertiary/aromatic N) is 1. The number of ether oxygens (including phenoxy) is 2. The van der Waals surface area contributed by atoms with Gasteiger partial charge in [0.2, 0.25) is 0 Å². The molecule has 22 heavy (non-hydrogen) atoms. The minimum absolute atomic E-state index is 0.347. The van der Waals surface area contributed by atoms with Gasteiger partial charge in [0.25, 0.3) is 0 Å². The first-order valence-corrected chi connectivity index (χ1v) is 8.41. The fourth-order valence-electron chi connectivity index (χ4n) is 2.91. The molecule has 0 radical (unpaired) electrons. The molecule has 1 aliphatic rings. The van der Waals surface area contributed by atoms with Crippen LogP contribution < -0.4 is 15.2 Å². The lowest BCUT2D eigenvalue weighted by Crippen LogP contribution is -2.45. The topological polar surface area (TPSA) is 47.7 Å². The molecular formula is C18H30N2O2. The minimum Gasteiger partial charge on any atom is -0.493 e. The molecule has 2 rings (SSSR count). The van der Waals surface area contributed by atoms with Crippen molar-refractivity contribution in [2.75, 3.05) is 26.8 Å². The van der Waals surface area contributed by atoms with E-state index in [2.05, 4.69) is 30.9 Å². The summed E-state index contributed by atoms with van der Waals surface area (Å²) in [5.41, 5.74) is 7.37.